The number of hydrogen-bond donors (Lipinski definition) is 1. The first-order valence-corrected chi connectivity index (χ1v) is 7.84. The molecule has 1 heterocycles. The van der Waals surface area contributed by atoms with Gasteiger partial charge in [0.05, 0.1) is 19.3 Å². The summed E-state index contributed by atoms with van der Waals surface area (Å²) in [5, 5.41) is 9.73. The third-order valence-corrected chi connectivity index (χ3v) is 3.86. The van der Waals surface area contributed by atoms with Crippen molar-refractivity contribution in [1.82, 2.24) is 4.90 Å². The van der Waals surface area contributed by atoms with Crippen LogP contribution >= 0.6 is 0 Å². The maximum Gasteiger partial charge on any atom is 0.338 e. The number of carbonyl (C=O) groups is 2. The van der Waals surface area contributed by atoms with E-state index in [1.54, 1.807) is 4.90 Å². The molecule has 1 fully saturated rings. The lowest BCUT2D eigenvalue weighted by atomic mass is 10.1. The van der Waals surface area contributed by atoms with Crippen molar-refractivity contribution in [2.45, 2.75) is 19.8 Å². The number of hydrogen-bond acceptors (Lipinski definition) is 5. The van der Waals surface area contributed by atoms with Gasteiger partial charge < -0.3 is 19.5 Å². The van der Waals surface area contributed by atoms with Gasteiger partial charge in [0.2, 0.25) is 0 Å². The van der Waals surface area contributed by atoms with E-state index in [0.717, 1.165) is 19.4 Å². The lowest BCUT2D eigenvalue weighted by Crippen LogP contribution is -2.29. The topological polar surface area (TPSA) is 76.1 Å². The average Bonchev–Trinajstić information content (AvgIpc) is 3.02. The summed E-state index contributed by atoms with van der Waals surface area (Å²) in [6.45, 7) is 4.74. The molecule has 0 aliphatic carbocycles. The van der Waals surface area contributed by atoms with Gasteiger partial charge in [0, 0.05) is 31.2 Å². The van der Waals surface area contributed by atoms with Gasteiger partial charge in [-0.2, -0.15) is 0 Å². The first-order chi connectivity index (χ1) is 11.0. The highest BCUT2D eigenvalue weighted by Crippen LogP contribution is 2.22. The van der Waals surface area contributed by atoms with Gasteiger partial charge in [-0.05, 0) is 31.0 Å². The van der Waals surface area contributed by atoms with Gasteiger partial charge in [0.15, 0.2) is 0 Å². The summed E-state index contributed by atoms with van der Waals surface area (Å²) >= 11 is 0. The first kappa shape index (κ1) is 17.3. The van der Waals surface area contributed by atoms with Crippen LogP contribution in [0.3, 0.4) is 0 Å². The minimum atomic E-state index is -0.581. The molecule has 1 aromatic rings. The van der Waals surface area contributed by atoms with Gasteiger partial charge >= 0.3 is 5.97 Å². The Balaban J connectivity index is 2.03. The predicted octanol–water partition coefficient (Wildman–Crippen LogP) is 2.07. The second-order valence-corrected chi connectivity index (χ2v) is 5.74. The zero-order chi connectivity index (χ0) is 16.8. The Morgan fingerprint density at radius 1 is 1.30 bits per heavy atom. The van der Waals surface area contributed by atoms with Crippen LogP contribution in [0.4, 0.5) is 0 Å². The van der Waals surface area contributed by atoms with E-state index in [1.165, 1.54) is 25.3 Å². The monoisotopic (exact) mass is 321 g/mol. The molecule has 0 radical (unpaired) electrons. The largest absolute Gasteiger partial charge is 0.508 e. The molecule has 0 saturated carbocycles. The van der Waals surface area contributed by atoms with Gasteiger partial charge in [-0.15, -0.1) is 0 Å². The van der Waals surface area contributed by atoms with Crippen LogP contribution in [-0.4, -0.2) is 55.3 Å². The molecule has 2 rings (SSSR count). The summed E-state index contributed by atoms with van der Waals surface area (Å²) < 4.78 is 10.2. The summed E-state index contributed by atoms with van der Waals surface area (Å²) in [6, 6.07) is 4.11. The molecule has 1 aromatic carbocycles. The van der Waals surface area contributed by atoms with E-state index in [1.807, 2.05) is 0 Å². The molecule has 1 saturated heterocycles. The van der Waals surface area contributed by atoms with E-state index >= 15 is 0 Å². The van der Waals surface area contributed by atoms with E-state index in [2.05, 4.69) is 11.7 Å². The summed E-state index contributed by atoms with van der Waals surface area (Å²) in [6.07, 6.45) is 1.88. The lowest BCUT2D eigenvalue weighted by molar-refractivity contribution is 0.0600. The Morgan fingerprint density at radius 2 is 2.04 bits per heavy atom. The number of rotatable bonds is 6. The van der Waals surface area contributed by atoms with E-state index in [-0.39, 0.29) is 17.2 Å². The number of ether oxygens (including phenoxy) is 2. The fraction of sp³-hybridized carbons (Fsp3) is 0.529. The summed E-state index contributed by atoms with van der Waals surface area (Å²) in [5.74, 6) is -0.563. The van der Waals surface area contributed by atoms with Crippen LogP contribution in [0.25, 0.3) is 0 Å². The number of methoxy groups -OCH3 is 1. The maximum absolute atomic E-state index is 12.6. The Labute approximate surface area is 136 Å². The molecule has 126 valence electrons. The van der Waals surface area contributed by atoms with Crippen molar-refractivity contribution >= 4 is 11.9 Å². The normalized spacial score (nSPS) is 17.3. The molecule has 1 atom stereocenters. The minimum absolute atomic E-state index is 0.127. The van der Waals surface area contributed by atoms with Crippen LogP contribution in [0, 0.1) is 5.92 Å². The molecular formula is C17H23NO5. The fourth-order valence-corrected chi connectivity index (χ4v) is 2.70. The Hall–Kier alpha value is -2.08. The van der Waals surface area contributed by atoms with Crippen molar-refractivity contribution in [3.05, 3.63) is 29.3 Å². The first-order valence-electron chi connectivity index (χ1n) is 7.84. The van der Waals surface area contributed by atoms with E-state index in [0.29, 0.717) is 31.2 Å². The molecule has 1 N–H and O–H groups in total. The standard InChI is InChI=1S/C17H23NO5/c1-3-6-23-11-12-4-5-18(10-12)16(20)13-7-14(17(21)22-2)9-15(19)8-13/h7-9,12,19H,3-6,10-11H2,1-2H3/t12-/m0/s1. The number of phenols is 1. The Kier molecular flexibility index (Phi) is 5.98. The van der Waals surface area contributed by atoms with Gasteiger partial charge in [0.25, 0.3) is 5.91 Å². The average molecular weight is 321 g/mol. The van der Waals surface area contributed by atoms with Crippen LogP contribution in [0.1, 0.15) is 40.5 Å². The molecule has 0 unspecified atom stereocenters. The molecule has 0 spiro atoms. The SMILES string of the molecule is CCCOC[C@H]1CCN(C(=O)c2cc(O)cc(C(=O)OC)c2)C1. The van der Waals surface area contributed by atoms with Crippen LogP contribution in [0.15, 0.2) is 18.2 Å². The number of nitrogens with zero attached hydrogens (tertiary/aromatic N) is 1. The third-order valence-electron chi connectivity index (χ3n) is 3.86. The number of esters is 1. The van der Waals surface area contributed by atoms with Crippen LogP contribution in [-0.2, 0) is 9.47 Å². The zero-order valence-corrected chi connectivity index (χ0v) is 13.6. The van der Waals surface area contributed by atoms with Gasteiger partial charge in [-0.1, -0.05) is 6.92 Å². The highest BCUT2D eigenvalue weighted by atomic mass is 16.5. The molecule has 23 heavy (non-hydrogen) atoms. The zero-order valence-electron chi connectivity index (χ0n) is 13.6. The van der Waals surface area contributed by atoms with Crippen molar-refractivity contribution in [3.8, 4) is 5.75 Å². The van der Waals surface area contributed by atoms with E-state index in [9.17, 15) is 14.7 Å². The number of carbonyl (C=O) groups excluding carboxylic acids is 2. The van der Waals surface area contributed by atoms with Crippen molar-refractivity contribution < 1.29 is 24.2 Å². The summed E-state index contributed by atoms with van der Waals surface area (Å²) in [4.78, 5) is 25.9. The van der Waals surface area contributed by atoms with Crippen molar-refractivity contribution in [2.24, 2.45) is 5.92 Å². The molecule has 6 heteroatoms. The van der Waals surface area contributed by atoms with E-state index < -0.39 is 5.97 Å². The lowest BCUT2D eigenvalue weighted by Gasteiger charge is -2.17. The van der Waals surface area contributed by atoms with Crippen molar-refractivity contribution in [2.75, 3.05) is 33.4 Å². The number of amides is 1. The smallest absolute Gasteiger partial charge is 0.338 e. The highest BCUT2D eigenvalue weighted by molar-refractivity contribution is 5.98. The number of likely N-dealkylation sites (tertiary alicyclic amines) is 1. The summed E-state index contributed by atoms with van der Waals surface area (Å²) in [5.41, 5.74) is 0.457. The second kappa shape index (κ2) is 7.97. The number of phenolic OH excluding ortho intramolecular Hbond substituents is 1. The Bertz CT molecular complexity index is 572. The van der Waals surface area contributed by atoms with Crippen LogP contribution < -0.4 is 0 Å². The van der Waals surface area contributed by atoms with Crippen LogP contribution in [0.5, 0.6) is 5.75 Å². The maximum atomic E-state index is 12.6. The van der Waals surface area contributed by atoms with Gasteiger partial charge in [-0.25, -0.2) is 4.79 Å². The molecule has 0 aromatic heterocycles. The number of aromatic hydroxyl groups is 1. The van der Waals surface area contributed by atoms with Gasteiger partial charge in [-0.3, -0.25) is 4.79 Å². The van der Waals surface area contributed by atoms with Crippen molar-refractivity contribution in [3.63, 3.8) is 0 Å². The quantitative estimate of drug-likeness (QED) is 0.641. The molecule has 1 amide bonds. The molecule has 6 nitrogen and oxygen atoms in total. The fourth-order valence-electron chi connectivity index (χ4n) is 2.70. The van der Waals surface area contributed by atoms with E-state index in [4.69, 9.17) is 4.74 Å². The summed E-state index contributed by atoms with van der Waals surface area (Å²) in [7, 11) is 1.26. The molecule has 1 aliphatic heterocycles. The van der Waals surface area contributed by atoms with Crippen LogP contribution in [0.2, 0.25) is 0 Å². The number of benzene rings is 1. The minimum Gasteiger partial charge on any atom is -0.508 e. The highest BCUT2D eigenvalue weighted by Gasteiger charge is 2.27. The predicted molar refractivity (Wildman–Crippen MR) is 84.6 cm³/mol. The van der Waals surface area contributed by atoms with Gasteiger partial charge in [0.1, 0.15) is 5.75 Å². The molecule has 0 bridgehead atoms. The molecule has 1 aliphatic rings. The van der Waals surface area contributed by atoms with Crippen molar-refractivity contribution in [1.29, 1.82) is 0 Å². The molecular weight excluding hydrogens is 298 g/mol. The second-order valence-electron chi connectivity index (χ2n) is 5.74. The third kappa shape index (κ3) is 4.45. The Morgan fingerprint density at radius 3 is 2.74 bits per heavy atom.